The number of benzene rings is 2. The monoisotopic (exact) mass is 443 g/mol. The van der Waals surface area contributed by atoms with Crippen molar-refractivity contribution < 1.29 is 22.8 Å². The van der Waals surface area contributed by atoms with E-state index in [0.29, 0.717) is 5.69 Å². The molecule has 32 heavy (non-hydrogen) atoms. The Bertz CT molecular complexity index is 982. The predicted octanol–water partition coefficient (Wildman–Crippen LogP) is 4.92. The van der Waals surface area contributed by atoms with E-state index >= 15 is 0 Å². The van der Waals surface area contributed by atoms with Crippen molar-refractivity contribution >= 4 is 17.5 Å². The third-order valence-corrected chi connectivity index (χ3v) is 5.34. The van der Waals surface area contributed by atoms with Gasteiger partial charge in [-0.3, -0.25) is 9.59 Å². The number of nitrogens with zero attached hydrogens (tertiary/aromatic N) is 3. The van der Waals surface area contributed by atoms with E-state index in [1.807, 2.05) is 12.1 Å². The summed E-state index contributed by atoms with van der Waals surface area (Å²) in [6, 6.07) is 16.0. The summed E-state index contributed by atoms with van der Waals surface area (Å²) in [4.78, 5) is 28.6. The summed E-state index contributed by atoms with van der Waals surface area (Å²) in [6.45, 7) is 0.0725. The predicted molar refractivity (Wildman–Crippen MR) is 113 cm³/mol. The molecular formula is C24H24F3N3O2. The number of hydrogen-bond acceptors (Lipinski definition) is 3. The van der Waals surface area contributed by atoms with E-state index in [0.717, 1.165) is 18.9 Å². The maximum atomic E-state index is 13.3. The Labute approximate surface area is 185 Å². The third-order valence-electron chi connectivity index (χ3n) is 5.34. The Hall–Kier alpha value is -3.34. The first-order chi connectivity index (χ1) is 15.3. The number of para-hydroxylation sites is 1. The highest BCUT2D eigenvalue weighted by Crippen LogP contribution is 2.35. The molecule has 1 aliphatic carbocycles. The van der Waals surface area contributed by atoms with Crippen LogP contribution in [0.5, 0.6) is 0 Å². The lowest BCUT2D eigenvalue weighted by Crippen LogP contribution is -2.36. The van der Waals surface area contributed by atoms with Crippen LogP contribution in [0.4, 0.5) is 18.9 Å². The van der Waals surface area contributed by atoms with Crippen LogP contribution in [-0.2, 0) is 22.3 Å². The Kier molecular flexibility index (Phi) is 7.52. The molecule has 0 unspecified atom stereocenters. The highest BCUT2D eigenvalue weighted by Gasteiger charge is 2.37. The molecular weight excluding hydrogens is 419 g/mol. The maximum absolute atomic E-state index is 13.3. The second-order valence-corrected chi connectivity index (χ2v) is 7.70. The molecule has 0 heterocycles. The molecule has 0 radical (unpaired) electrons. The largest absolute Gasteiger partial charge is 0.416 e. The first-order valence-electron chi connectivity index (χ1n) is 10.5. The lowest BCUT2D eigenvalue weighted by atomic mass is 10.1. The van der Waals surface area contributed by atoms with Gasteiger partial charge < -0.3 is 9.80 Å². The van der Waals surface area contributed by atoms with Gasteiger partial charge in [-0.05, 0) is 36.6 Å². The van der Waals surface area contributed by atoms with Crippen molar-refractivity contribution in [1.82, 2.24) is 4.90 Å². The van der Waals surface area contributed by atoms with Crippen molar-refractivity contribution in [2.24, 2.45) is 0 Å². The van der Waals surface area contributed by atoms with E-state index in [9.17, 15) is 22.8 Å². The lowest BCUT2D eigenvalue weighted by Gasteiger charge is -2.25. The number of anilines is 1. The summed E-state index contributed by atoms with van der Waals surface area (Å²) in [6.07, 6.45) is -3.04. The molecule has 1 aliphatic rings. The zero-order chi connectivity index (χ0) is 23.1. The van der Waals surface area contributed by atoms with Gasteiger partial charge in [-0.15, -0.1) is 0 Å². The number of halogens is 3. The molecule has 0 aromatic heterocycles. The minimum Gasteiger partial charge on any atom is -0.335 e. The van der Waals surface area contributed by atoms with Gasteiger partial charge in [0.1, 0.15) is 0 Å². The van der Waals surface area contributed by atoms with Crippen LogP contribution in [0.25, 0.3) is 0 Å². The zero-order valence-corrected chi connectivity index (χ0v) is 17.5. The van der Waals surface area contributed by atoms with Gasteiger partial charge in [0.2, 0.25) is 11.8 Å². The van der Waals surface area contributed by atoms with Gasteiger partial charge in [-0.2, -0.15) is 18.4 Å². The highest BCUT2D eigenvalue weighted by atomic mass is 19.4. The van der Waals surface area contributed by atoms with Gasteiger partial charge in [0.25, 0.3) is 0 Å². The first-order valence-corrected chi connectivity index (χ1v) is 10.5. The molecule has 2 amide bonds. The van der Waals surface area contributed by atoms with E-state index in [4.69, 9.17) is 5.26 Å². The average Bonchev–Trinajstić information content (AvgIpc) is 3.61. The summed E-state index contributed by atoms with van der Waals surface area (Å²) in [5.41, 5.74) is -0.0638. The molecule has 5 nitrogen and oxygen atoms in total. The van der Waals surface area contributed by atoms with Crippen LogP contribution >= 0.6 is 0 Å². The molecule has 8 heteroatoms. The van der Waals surface area contributed by atoms with Gasteiger partial charge in [0.05, 0.1) is 18.1 Å². The molecule has 2 aromatic rings. The number of carbonyl (C=O) groups excluding carboxylic acids is 2. The van der Waals surface area contributed by atoms with Crippen LogP contribution in [0.1, 0.15) is 43.2 Å². The van der Waals surface area contributed by atoms with E-state index < -0.39 is 11.7 Å². The quantitative estimate of drug-likeness (QED) is 0.552. The molecule has 0 saturated heterocycles. The summed E-state index contributed by atoms with van der Waals surface area (Å²) >= 11 is 0. The fraction of sp³-hybridized carbons (Fsp3) is 0.375. The van der Waals surface area contributed by atoms with Crippen molar-refractivity contribution in [2.45, 2.75) is 50.9 Å². The van der Waals surface area contributed by atoms with Gasteiger partial charge >= 0.3 is 6.18 Å². The maximum Gasteiger partial charge on any atom is 0.416 e. The molecule has 0 aliphatic heterocycles. The zero-order valence-electron chi connectivity index (χ0n) is 17.5. The molecule has 0 N–H and O–H groups in total. The lowest BCUT2D eigenvalue weighted by molar-refractivity contribution is -0.140. The molecule has 1 fully saturated rings. The van der Waals surface area contributed by atoms with Crippen molar-refractivity contribution in [3.63, 3.8) is 0 Å². The van der Waals surface area contributed by atoms with Crippen LogP contribution < -0.4 is 4.90 Å². The Morgan fingerprint density at radius 3 is 2.22 bits per heavy atom. The van der Waals surface area contributed by atoms with Crippen LogP contribution in [0.2, 0.25) is 0 Å². The summed E-state index contributed by atoms with van der Waals surface area (Å²) in [7, 11) is 0. The molecule has 3 rings (SSSR count). The standard InChI is InChI=1S/C24H24F3N3O2/c25-24(26,27)21-10-5-4-7-18(21)17-30(20-11-12-20)23(32)14-13-22(31)29(16-6-15-28)19-8-2-1-3-9-19/h1-5,7-10,20H,6,11-14,16-17H2. The summed E-state index contributed by atoms with van der Waals surface area (Å²) in [5, 5.41) is 8.89. The minimum absolute atomic E-state index is 0.0477. The minimum atomic E-state index is -4.50. The van der Waals surface area contributed by atoms with Crippen LogP contribution in [0.15, 0.2) is 54.6 Å². The number of alkyl halides is 3. The topological polar surface area (TPSA) is 64.4 Å². The Morgan fingerprint density at radius 1 is 0.969 bits per heavy atom. The highest BCUT2D eigenvalue weighted by molar-refractivity contribution is 5.95. The number of amides is 2. The third kappa shape index (κ3) is 6.10. The van der Waals surface area contributed by atoms with E-state index in [1.165, 1.54) is 28.0 Å². The van der Waals surface area contributed by atoms with Gasteiger partial charge in [0.15, 0.2) is 0 Å². The SMILES string of the molecule is N#CCCN(C(=O)CCC(=O)N(Cc1ccccc1C(F)(F)F)C1CC1)c1ccccc1. The van der Waals surface area contributed by atoms with Crippen molar-refractivity contribution in [3.8, 4) is 6.07 Å². The van der Waals surface area contributed by atoms with Crippen LogP contribution in [0, 0.1) is 11.3 Å². The number of rotatable bonds is 9. The Balaban J connectivity index is 1.68. The summed E-state index contributed by atoms with van der Waals surface area (Å²) in [5.74, 6) is -0.641. The second kappa shape index (κ2) is 10.3. The number of hydrogen-bond donors (Lipinski definition) is 0. The summed E-state index contributed by atoms with van der Waals surface area (Å²) < 4.78 is 40.0. The van der Waals surface area contributed by atoms with Crippen molar-refractivity contribution in [1.29, 1.82) is 5.26 Å². The molecule has 0 spiro atoms. The first kappa shape index (κ1) is 23.3. The van der Waals surface area contributed by atoms with E-state index in [-0.39, 0.29) is 55.8 Å². The van der Waals surface area contributed by atoms with Gasteiger partial charge in [-0.25, -0.2) is 0 Å². The van der Waals surface area contributed by atoms with Crippen molar-refractivity contribution in [3.05, 3.63) is 65.7 Å². The van der Waals surface area contributed by atoms with Crippen LogP contribution in [-0.4, -0.2) is 29.3 Å². The Morgan fingerprint density at radius 2 is 1.59 bits per heavy atom. The number of nitriles is 1. The average molecular weight is 443 g/mol. The molecule has 1 saturated carbocycles. The fourth-order valence-electron chi connectivity index (χ4n) is 3.59. The molecule has 2 aromatic carbocycles. The number of carbonyl (C=O) groups is 2. The smallest absolute Gasteiger partial charge is 0.335 e. The molecule has 0 bridgehead atoms. The van der Waals surface area contributed by atoms with E-state index in [1.54, 1.807) is 24.3 Å². The fourth-order valence-corrected chi connectivity index (χ4v) is 3.59. The van der Waals surface area contributed by atoms with Crippen molar-refractivity contribution in [2.75, 3.05) is 11.4 Å². The second-order valence-electron chi connectivity index (χ2n) is 7.70. The molecule has 0 atom stereocenters. The van der Waals surface area contributed by atoms with E-state index in [2.05, 4.69) is 0 Å². The van der Waals surface area contributed by atoms with Gasteiger partial charge in [-0.1, -0.05) is 36.4 Å². The van der Waals surface area contributed by atoms with Crippen LogP contribution in [0.3, 0.4) is 0 Å². The molecule has 168 valence electrons. The normalized spacial score (nSPS) is 13.3. The van der Waals surface area contributed by atoms with Gasteiger partial charge in [0, 0.05) is 37.7 Å².